The Labute approximate surface area is 211 Å². The number of hydrogen-bond acceptors (Lipinski definition) is 6. The Morgan fingerprint density at radius 3 is 2.89 bits per heavy atom. The average Bonchev–Trinajstić information content (AvgIpc) is 3.14. The number of H-pyrrole nitrogens is 1. The van der Waals surface area contributed by atoms with Crippen LogP contribution in [0.2, 0.25) is 0 Å². The second kappa shape index (κ2) is 7.79. The lowest BCUT2D eigenvalue weighted by atomic mass is 9.90. The molecule has 37 heavy (non-hydrogen) atoms. The van der Waals surface area contributed by atoms with Gasteiger partial charge in [-0.25, -0.2) is 18.7 Å². The molecule has 3 N–H and O–H groups in total. The molecule has 3 aromatic heterocycles. The second-order valence-corrected chi connectivity index (χ2v) is 10.3. The number of aromatic amines is 1. The quantitative estimate of drug-likeness (QED) is 0.389. The zero-order valence-corrected chi connectivity index (χ0v) is 20.5. The number of hydrogen-bond donors (Lipinski definition) is 2. The third-order valence-electron chi connectivity index (χ3n) is 8.53. The highest BCUT2D eigenvalue weighted by Crippen LogP contribution is 2.63. The number of nitrogens with two attached hydrogens (primary N) is 1. The summed E-state index contributed by atoms with van der Waals surface area (Å²) in [6.45, 7) is 3.76. The minimum absolute atomic E-state index is 0.131. The third kappa shape index (κ3) is 3.08. The molecule has 2 aromatic carbocycles. The first-order valence-corrected chi connectivity index (χ1v) is 12.5. The molecular formula is C27H26F2N8. The Morgan fingerprint density at radius 1 is 1.19 bits per heavy atom. The molecule has 2 aliphatic rings. The molecule has 10 heteroatoms. The second-order valence-electron chi connectivity index (χ2n) is 10.3. The molecule has 1 aliphatic carbocycles. The van der Waals surface area contributed by atoms with Crippen LogP contribution < -0.4 is 10.6 Å². The molecule has 1 saturated carbocycles. The van der Waals surface area contributed by atoms with Crippen molar-refractivity contribution < 1.29 is 8.78 Å². The maximum Gasteiger partial charge on any atom is 0.177 e. The van der Waals surface area contributed by atoms with Crippen molar-refractivity contribution in [2.45, 2.75) is 18.8 Å². The van der Waals surface area contributed by atoms with E-state index in [0.29, 0.717) is 23.3 Å². The van der Waals surface area contributed by atoms with Crippen LogP contribution in [0.15, 0.2) is 42.7 Å². The Balaban J connectivity index is 1.20. The number of nitrogens with one attached hydrogen (secondary N) is 1. The Morgan fingerprint density at radius 2 is 2.05 bits per heavy atom. The highest BCUT2D eigenvalue weighted by Gasteiger charge is 2.66. The van der Waals surface area contributed by atoms with Gasteiger partial charge in [-0.1, -0.05) is 18.2 Å². The van der Waals surface area contributed by atoms with Gasteiger partial charge in [0.2, 0.25) is 0 Å². The van der Waals surface area contributed by atoms with Crippen molar-refractivity contribution in [3.63, 3.8) is 0 Å². The van der Waals surface area contributed by atoms with Crippen LogP contribution in [-0.4, -0.2) is 49.6 Å². The molecule has 0 amide bonds. The lowest BCUT2D eigenvalue weighted by Gasteiger charge is -2.26. The van der Waals surface area contributed by atoms with Crippen molar-refractivity contribution in [1.82, 2.24) is 29.9 Å². The number of benzene rings is 2. The van der Waals surface area contributed by atoms with Crippen molar-refractivity contribution in [2.24, 2.45) is 24.6 Å². The van der Waals surface area contributed by atoms with Crippen molar-refractivity contribution in [3.05, 3.63) is 65.5 Å². The number of aromatic nitrogens is 6. The third-order valence-corrected chi connectivity index (χ3v) is 8.53. The van der Waals surface area contributed by atoms with Gasteiger partial charge < -0.3 is 10.6 Å². The SMILES string of the molecule is Cc1c(-c2n[nH]c3nc(N4CC[C@@H]5[C@H](C4)[C@@]5(CN)c4cccc(F)c4F)cnc23)ccc2nn(C)cc12. The Kier molecular flexibility index (Phi) is 4.69. The largest absolute Gasteiger partial charge is 0.355 e. The smallest absolute Gasteiger partial charge is 0.177 e. The molecule has 5 aromatic rings. The van der Waals surface area contributed by atoms with E-state index in [4.69, 9.17) is 15.7 Å². The van der Waals surface area contributed by atoms with Gasteiger partial charge in [-0.15, -0.1) is 0 Å². The summed E-state index contributed by atoms with van der Waals surface area (Å²) in [5.74, 6) is -0.509. The number of anilines is 1. The maximum absolute atomic E-state index is 14.7. The molecule has 0 bridgehead atoms. The molecule has 188 valence electrons. The van der Waals surface area contributed by atoms with Crippen LogP contribution in [-0.2, 0) is 12.5 Å². The van der Waals surface area contributed by atoms with Crippen molar-refractivity contribution >= 4 is 27.9 Å². The fourth-order valence-corrected chi connectivity index (χ4v) is 6.60. The molecule has 1 saturated heterocycles. The summed E-state index contributed by atoms with van der Waals surface area (Å²) < 4.78 is 30.6. The van der Waals surface area contributed by atoms with E-state index < -0.39 is 17.0 Å². The van der Waals surface area contributed by atoms with Gasteiger partial charge in [-0.2, -0.15) is 10.2 Å². The normalized spacial score (nSPS) is 23.1. The summed E-state index contributed by atoms with van der Waals surface area (Å²) in [6.07, 6.45) is 4.61. The molecule has 8 nitrogen and oxygen atoms in total. The summed E-state index contributed by atoms with van der Waals surface area (Å²) >= 11 is 0. The van der Waals surface area contributed by atoms with Crippen LogP contribution in [0.3, 0.4) is 0 Å². The predicted octanol–water partition coefficient (Wildman–Crippen LogP) is 3.85. The Bertz CT molecular complexity index is 1690. The highest BCUT2D eigenvalue weighted by atomic mass is 19.2. The molecule has 0 radical (unpaired) electrons. The molecular weight excluding hydrogens is 474 g/mol. The maximum atomic E-state index is 14.7. The fraction of sp³-hybridized carbons (Fsp3) is 0.333. The van der Waals surface area contributed by atoms with E-state index in [1.165, 1.54) is 0 Å². The van der Waals surface area contributed by atoms with Gasteiger partial charge in [0.15, 0.2) is 17.3 Å². The van der Waals surface area contributed by atoms with E-state index in [1.54, 1.807) is 23.0 Å². The van der Waals surface area contributed by atoms with Gasteiger partial charge >= 0.3 is 0 Å². The first kappa shape index (κ1) is 22.3. The molecule has 4 heterocycles. The highest BCUT2D eigenvalue weighted by molar-refractivity contribution is 5.94. The van der Waals surface area contributed by atoms with Crippen LogP contribution >= 0.6 is 0 Å². The van der Waals surface area contributed by atoms with E-state index in [9.17, 15) is 8.78 Å². The van der Waals surface area contributed by atoms with E-state index in [1.807, 2.05) is 25.4 Å². The number of fused-ring (bicyclic) bond motifs is 3. The zero-order valence-electron chi connectivity index (χ0n) is 20.5. The van der Waals surface area contributed by atoms with Crippen LogP contribution in [0.5, 0.6) is 0 Å². The summed E-state index contributed by atoms with van der Waals surface area (Å²) in [4.78, 5) is 11.7. The van der Waals surface area contributed by atoms with E-state index in [-0.39, 0.29) is 18.4 Å². The summed E-state index contributed by atoms with van der Waals surface area (Å²) in [7, 11) is 1.91. The first-order chi connectivity index (χ1) is 17.9. The van der Waals surface area contributed by atoms with E-state index in [0.717, 1.165) is 52.6 Å². The summed E-state index contributed by atoms with van der Waals surface area (Å²) in [6, 6.07) is 8.41. The van der Waals surface area contributed by atoms with Crippen molar-refractivity contribution in [1.29, 1.82) is 0 Å². The van der Waals surface area contributed by atoms with Crippen LogP contribution in [0.1, 0.15) is 17.5 Å². The first-order valence-electron chi connectivity index (χ1n) is 12.5. The summed E-state index contributed by atoms with van der Waals surface area (Å²) in [5, 5.41) is 13.2. The molecule has 1 aliphatic heterocycles. The van der Waals surface area contributed by atoms with Gasteiger partial charge in [0.05, 0.1) is 11.7 Å². The van der Waals surface area contributed by atoms with Crippen LogP contribution in [0.4, 0.5) is 14.6 Å². The Hall–Kier alpha value is -3.92. The van der Waals surface area contributed by atoms with Crippen molar-refractivity contribution in [2.75, 3.05) is 24.5 Å². The standard InChI is InChI=1S/C27H26F2N8/c1-14-15(6-7-21-16(14)11-36(2)35-21)24-25-26(34-33-24)32-22(10-31-25)37-9-8-17-19(12-37)27(17,13-30)18-4-3-5-20(28)23(18)29/h3-7,10-11,17,19H,8-9,12-13,30H2,1-2H3,(H,32,33,34)/t17-,19+,27-/m1/s1. The monoisotopic (exact) mass is 500 g/mol. The molecule has 2 fully saturated rings. The predicted molar refractivity (Wildman–Crippen MR) is 137 cm³/mol. The zero-order chi connectivity index (χ0) is 25.5. The van der Waals surface area contributed by atoms with Gasteiger partial charge in [0.1, 0.15) is 17.0 Å². The van der Waals surface area contributed by atoms with Crippen LogP contribution in [0, 0.1) is 30.4 Å². The van der Waals surface area contributed by atoms with Crippen molar-refractivity contribution in [3.8, 4) is 11.3 Å². The van der Waals surface area contributed by atoms with Gasteiger partial charge in [-0.3, -0.25) is 9.78 Å². The number of aryl methyl sites for hydroxylation is 2. The lowest BCUT2D eigenvalue weighted by Crippen LogP contribution is -2.32. The minimum atomic E-state index is -0.824. The van der Waals surface area contributed by atoms with Crippen LogP contribution in [0.25, 0.3) is 33.3 Å². The summed E-state index contributed by atoms with van der Waals surface area (Å²) in [5.41, 5.74) is 11.1. The van der Waals surface area contributed by atoms with Gasteiger partial charge in [0, 0.05) is 49.2 Å². The van der Waals surface area contributed by atoms with E-state index in [2.05, 4.69) is 27.1 Å². The minimum Gasteiger partial charge on any atom is -0.355 e. The fourth-order valence-electron chi connectivity index (χ4n) is 6.60. The number of rotatable bonds is 4. The molecule has 7 rings (SSSR count). The lowest BCUT2D eigenvalue weighted by molar-refractivity contribution is 0.472. The van der Waals surface area contributed by atoms with Gasteiger partial charge in [0.25, 0.3) is 0 Å². The number of piperidine rings is 1. The average molecular weight is 501 g/mol. The topological polar surface area (TPSA) is 102 Å². The molecule has 0 spiro atoms. The molecule has 0 unspecified atom stereocenters. The molecule has 3 atom stereocenters. The number of nitrogens with zero attached hydrogens (tertiary/aromatic N) is 6. The van der Waals surface area contributed by atoms with Gasteiger partial charge in [-0.05, 0) is 48.4 Å². The number of halogens is 2. The van der Waals surface area contributed by atoms with E-state index >= 15 is 0 Å².